The van der Waals surface area contributed by atoms with Crippen molar-refractivity contribution in [1.82, 2.24) is 14.9 Å². The maximum absolute atomic E-state index is 13.4. The van der Waals surface area contributed by atoms with Gasteiger partial charge in [-0.3, -0.25) is 0 Å². The van der Waals surface area contributed by atoms with Crippen LogP contribution in [0, 0.1) is 5.82 Å². The number of hydrogen-bond acceptors (Lipinski definition) is 6. The summed E-state index contributed by atoms with van der Waals surface area (Å²) in [6.07, 6.45) is 3.48. The average molecular weight is 377 g/mol. The molecule has 3 aromatic heterocycles. The van der Waals surface area contributed by atoms with E-state index in [1.54, 1.807) is 12.3 Å². The zero-order chi connectivity index (χ0) is 19.1. The molecule has 5 rings (SSSR count). The highest BCUT2D eigenvalue weighted by molar-refractivity contribution is 6.05. The van der Waals surface area contributed by atoms with E-state index in [0.29, 0.717) is 17.0 Å². The number of pyridine rings is 2. The van der Waals surface area contributed by atoms with Gasteiger partial charge in [0.1, 0.15) is 23.0 Å². The van der Waals surface area contributed by atoms with Crippen molar-refractivity contribution in [2.24, 2.45) is 0 Å². The van der Waals surface area contributed by atoms with E-state index in [0.717, 1.165) is 48.5 Å². The lowest BCUT2D eigenvalue weighted by molar-refractivity contribution is 0.312. The molecular formula is C21H20FN5O. The van der Waals surface area contributed by atoms with Crippen LogP contribution in [0.25, 0.3) is 21.9 Å². The minimum absolute atomic E-state index is 0.315. The Morgan fingerprint density at radius 1 is 0.929 bits per heavy atom. The predicted octanol–water partition coefficient (Wildman–Crippen LogP) is 4.01. The maximum Gasteiger partial charge on any atom is 0.153 e. The Morgan fingerprint density at radius 2 is 1.79 bits per heavy atom. The fourth-order valence-electron chi connectivity index (χ4n) is 3.56. The van der Waals surface area contributed by atoms with Crippen molar-refractivity contribution in [2.75, 3.05) is 43.4 Å². The zero-order valence-electron chi connectivity index (χ0n) is 15.5. The number of rotatable bonds is 3. The second-order valence-electron chi connectivity index (χ2n) is 7.13. The van der Waals surface area contributed by atoms with Gasteiger partial charge in [-0.05, 0) is 37.4 Å². The second-order valence-corrected chi connectivity index (χ2v) is 7.13. The molecule has 4 heterocycles. The van der Waals surface area contributed by atoms with Gasteiger partial charge in [-0.1, -0.05) is 0 Å². The van der Waals surface area contributed by atoms with Crippen molar-refractivity contribution in [2.45, 2.75) is 0 Å². The Morgan fingerprint density at radius 3 is 2.57 bits per heavy atom. The predicted molar refractivity (Wildman–Crippen MR) is 109 cm³/mol. The molecule has 0 amide bonds. The van der Waals surface area contributed by atoms with Gasteiger partial charge in [0.25, 0.3) is 0 Å². The minimum Gasteiger partial charge on any atom is -0.454 e. The molecule has 1 aromatic carbocycles. The van der Waals surface area contributed by atoms with Gasteiger partial charge in [-0.2, -0.15) is 0 Å². The van der Waals surface area contributed by atoms with E-state index < -0.39 is 0 Å². The van der Waals surface area contributed by atoms with Gasteiger partial charge in [0.2, 0.25) is 0 Å². The van der Waals surface area contributed by atoms with Crippen molar-refractivity contribution >= 4 is 39.3 Å². The van der Waals surface area contributed by atoms with Crippen LogP contribution in [0.2, 0.25) is 0 Å². The van der Waals surface area contributed by atoms with Crippen molar-refractivity contribution in [1.29, 1.82) is 0 Å². The standard InChI is InChI=1S/C21H20FN5O/c1-26-6-8-27(9-7-26)21-5-3-15(12-24-21)25-20-11-17-16-4-2-14(22)10-18(16)28-19(17)13-23-20/h2-5,10-13H,6-9H2,1H3,(H,23,25). The lowest BCUT2D eigenvalue weighted by atomic mass is 10.2. The first-order chi connectivity index (χ1) is 13.7. The molecule has 4 aromatic rings. The highest BCUT2D eigenvalue weighted by atomic mass is 19.1. The Balaban J connectivity index is 1.38. The van der Waals surface area contributed by atoms with Crippen molar-refractivity contribution in [3.8, 4) is 0 Å². The summed E-state index contributed by atoms with van der Waals surface area (Å²) in [5, 5.41) is 5.05. The van der Waals surface area contributed by atoms with Gasteiger partial charge in [-0.15, -0.1) is 0 Å². The Kier molecular flexibility index (Phi) is 4.09. The lowest BCUT2D eigenvalue weighted by Crippen LogP contribution is -2.44. The molecule has 7 heteroatoms. The number of furan rings is 1. The Bertz CT molecular complexity index is 1130. The number of halogens is 1. The zero-order valence-corrected chi connectivity index (χ0v) is 15.5. The van der Waals surface area contributed by atoms with Crippen molar-refractivity contribution in [3.05, 3.63) is 54.6 Å². The third-order valence-corrected chi connectivity index (χ3v) is 5.17. The molecule has 0 saturated carbocycles. The van der Waals surface area contributed by atoms with Crippen LogP contribution in [-0.4, -0.2) is 48.1 Å². The number of nitrogens with one attached hydrogen (secondary N) is 1. The van der Waals surface area contributed by atoms with Gasteiger partial charge in [0, 0.05) is 43.0 Å². The van der Waals surface area contributed by atoms with E-state index in [4.69, 9.17) is 4.42 Å². The van der Waals surface area contributed by atoms with E-state index >= 15 is 0 Å². The summed E-state index contributed by atoms with van der Waals surface area (Å²) in [4.78, 5) is 13.6. The number of piperazine rings is 1. The topological polar surface area (TPSA) is 57.4 Å². The monoisotopic (exact) mass is 377 g/mol. The number of fused-ring (bicyclic) bond motifs is 3. The summed E-state index contributed by atoms with van der Waals surface area (Å²) >= 11 is 0. The van der Waals surface area contributed by atoms with Crippen LogP contribution in [-0.2, 0) is 0 Å². The van der Waals surface area contributed by atoms with Gasteiger partial charge in [0.05, 0.1) is 18.1 Å². The Hall–Kier alpha value is -3.19. The third-order valence-electron chi connectivity index (χ3n) is 5.17. The van der Waals surface area contributed by atoms with Crippen LogP contribution in [0.3, 0.4) is 0 Å². The van der Waals surface area contributed by atoms with E-state index in [-0.39, 0.29) is 5.82 Å². The molecular weight excluding hydrogens is 357 g/mol. The molecule has 0 unspecified atom stereocenters. The average Bonchev–Trinajstić information content (AvgIpc) is 3.06. The number of likely N-dealkylation sites (N-methyl/N-ethyl adjacent to an activating group) is 1. The van der Waals surface area contributed by atoms with Crippen molar-refractivity contribution in [3.63, 3.8) is 0 Å². The highest BCUT2D eigenvalue weighted by Gasteiger charge is 2.15. The van der Waals surface area contributed by atoms with Crippen LogP contribution in [0.1, 0.15) is 0 Å². The summed E-state index contributed by atoms with van der Waals surface area (Å²) in [6.45, 7) is 4.08. The molecule has 1 aliphatic heterocycles. The normalized spacial score (nSPS) is 15.4. The van der Waals surface area contributed by atoms with Crippen LogP contribution in [0.4, 0.5) is 21.7 Å². The van der Waals surface area contributed by atoms with E-state index in [9.17, 15) is 4.39 Å². The molecule has 0 bridgehead atoms. The first-order valence-corrected chi connectivity index (χ1v) is 9.30. The summed E-state index contributed by atoms with van der Waals surface area (Å²) in [5.74, 6) is 1.36. The molecule has 0 radical (unpaired) electrons. The van der Waals surface area contributed by atoms with Gasteiger partial charge >= 0.3 is 0 Å². The SMILES string of the molecule is CN1CCN(c2ccc(Nc3cc4c(cn3)oc3cc(F)ccc34)cn2)CC1. The largest absolute Gasteiger partial charge is 0.454 e. The second kappa shape index (κ2) is 6.76. The summed E-state index contributed by atoms with van der Waals surface area (Å²) in [5.41, 5.74) is 2.02. The molecule has 1 aliphatic rings. The molecule has 0 atom stereocenters. The fraction of sp³-hybridized carbons (Fsp3) is 0.238. The molecule has 28 heavy (non-hydrogen) atoms. The smallest absolute Gasteiger partial charge is 0.153 e. The van der Waals surface area contributed by atoms with Crippen LogP contribution in [0.5, 0.6) is 0 Å². The number of nitrogens with zero attached hydrogens (tertiary/aromatic N) is 4. The van der Waals surface area contributed by atoms with E-state index in [1.165, 1.54) is 12.1 Å². The van der Waals surface area contributed by atoms with E-state index in [1.807, 2.05) is 24.4 Å². The molecule has 0 spiro atoms. The fourth-order valence-corrected chi connectivity index (χ4v) is 3.56. The Labute approximate surface area is 161 Å². The molecule has 0 aliphatic carbocycles. The first kappa shape index (κ1) is 16.9. The van der Waals surface area contributed by atoms with Gasteiger partial charge < -0.3 is 19.5 Å². The molecule has 1 N–H and O–H groups in total. The maximum atomic E-state index is 13.4. The third kappa shape index (κ3) is 3.14. The lowest BCUT2D eigenvalue weighted by Gasteiger charge is -2.33. The quantitative estimate of drug-likeness (QED) is 0.582. The van der Waals surface area contributed by atoms with Gasteiger partial charge in [-0.25, -0.2) is 14.4 Å². The summed E-state index contributed by atoms with van der Waals surface area (Å²) in [7, 11) is 2.14. The van der Waals surface area contributed by atoms with Crippen LogP contribution in [0.15, 0.2) is 53.2 Å². The van der Waals surface area contributed by atoms with Crippen LogP contribution < -0.4 is 10.2 Å². The van der Waals surface area contributed by atoms with E-state index in [2.05, 4.69) is 32.1 Å². The molecule has 142 valence electrons. The van der Waals surface area contributed by atoms with Gasteiger partial charge in [0.15, 0.2) is 5.58 Å². The van der Waals surface area contributed by atoms with Crippen LogP contribution >= 0.6 is 0 Å². The summed E-state index contributed by atoms with van der Waals surface area (Å²) in [6, 6.07) is 10.5. The highest BCUT2D eigenvalue weighted by Crippen LogP contribution is 2.30. The number of benzene rings is 1. The number of aromatic nitrogens is 2. The molecule has 6 nitrogen and oxygen atoms in total. The molecule has 1 saturated heterocycles. The minimum atomic E-state index is -0.315. The molecule has 1 fully saturated rings. The first-order valence-electron chi connectivity index (χ1n) is 9.30. The summed E-state index contributed by atoms with van der Waals surface area (Å²) < 4.78 is 19.1. The van der Waals surface area contributed by atoms with Crippen molar-refractivity contribution < 1.29 is 8.81 Å². The number of hydrogen-bond donors (Lipinski definition) is 1. The number of anilines is 3.